The van der Waals surface area contributed by atoms with Gasteiger partial charge in [-0.15, -0.1) is 6.58 Å². The molecule has 0 nitrogen and oxygen atoms in total. The summed E-state index contributed by atoms with van der Waals surface area (Å²) in [5.41, 5.74) is 1.43. The third-order valence-electron chi connectivity index (χ3n) is 4.81. The lowest BCUT2D eigenvalue weighted by atomic mass is 9.88. The summed E-state index contributed by atoms with van der Waals surface area (Å²) in [7, 11) is 0. The van der Waals surface area contributed by atoms with Crippen molar-refractivity contribution < 1.29 is 0 Å². The molecule has 0 fully saturated rings. The third-order valence-corrected chi connectivity index (χ3v) is 4.81. The Bertz CT molecular complexity index is 797. The summed E-state index contributed by atoms with van der Waals surface area (Å²) in [6.07, 6.45) is 4.45. The van der Waals surface area contributed by atoms with Gasteiger partial charge >= 0.3 is 0 Å². The Morgan fingerprint density at radius 1 is 0.909 bits per heavy atom. The van der Waals surface area contributed by atoms with E-state index in [1.807, 2.05) is 0 Å². The van der Waals surface area contributed by atoms with Crippen molar-refractivity contribution in [1.29, 1.82) is 0 Å². The Labute approximate surface area is 133 Å². The summed E-state index contributed by atoms with van der Waals surface area (Å²) in [6.45, 7) is 8.53. The van der Waals surface area contributed by atoms with Gasteiger partial charge in [-0.2, -0.15) is 0 Å². The van der Waals surface area contributed by atoms with E-state index in [2.05, 4.69) is 81.1 Å². The van der Waals surface area contributed by atoms with Crippen molar-refractivity contribution in [3.63, 3.8) is 0 Å². The fraction of sp³-hybridized carbons (Fsp3) is 0.273. The molecule has 0 aromatic heterocycles. The smallest absolute Gasteiger partial charge is 0.0175 e. The maximum absolute atomic E-state index is 3.96. The van der Waals surface area contributed by atoms with Crippen LogP contribution in [0.2, 0.25) is 0 Å². The fourth-order valence-corrected chi connectivity index (χ4v) is 3.28. The first-order valence-electron chi connectivity index (χ1n) is 8.26. The molecule has 0 bridgehead atoms. The molecule has 3 aromatic rings. The summed E-state index contributed by atoms with van der Waals surface area (Å²) in [5, 5.41) is 5.30. The summed E-state index contributed by atoms with van der Waals surface area (Å²) in [6, 6.07) is 20.1. The summed E-state index contributed by atoms with van der Waals surface area (Å²) >= 11 is 0. The van der Waals surface area contributed by atoms with E-state index < -0.39 is 0 Å². The van der Waals surface area contributed by atoms with Gasteiger partial charge in [-0.1, -0.05) is 62.4 Å². The predicted molar refractivity (Wildman–Crippen MR) is 98.5 cm³/mol. The SMILES string of the molecule is C=CC(CC)CC(C)c1ccc2cc3ccccc3cc2c1. The highest BCUT2D eigenvalue weighted by Gasteiger charge is 2.11. The van der Waals surface area contributed by atoms with Crippen molar-refractivity contribution in [2.75, 3.05) is 0 Å². The van der Waals surface area contributed by atoms with E-state index in [4.69, 9.17) is 0 Å². The van der Waals surface area contributed by atoms with Crippen LogP contribution in [0.1, 0.15) is 38.2 Å². The molecule has 0 spiro atoms. The zero-order valence-electron chi connectivity index (χ0n) is 13.5. The predicted octanol–water partition coefficient (Wildman–Crippen LogP) is 6.70. The van der Waals surface area contributed by atoms with E-state index in [1.54, 1.807) is 0 Å². The minimum atomic E-state index is 0.568. The lowest BCUT2D eigenvalue weighted by Crippen LogP contribution is -2.02. The Hall–Kier alpha value is -2.08. The van der Waals surface area contributed by atoms with Crippen LogP contribution in [0, 0.1) is 5.92 Å². The molecule has 0 N–H and O–H groups in total. The number of benzene rings is 3. The first-order valence-corrected chi connectivity index (χ1v) is 8.26. The number of fused-ring (bicyclic) bond motifs is 2. The second-order valence-corrected chi connectivity index (χ2v) is 6.35. The van der Waals surface area contributed by atoms with Crippen LogP contribution < -0.4 is 0 Å². The van der Waals surface area contributed by atoms with Gasteiger partial charge in [-0.3, -0.25) is 0 Å². The Balaban J connectivity index is 1.98. The molecular formula is C22H24. The average Bonchev–Trinajstić information content (AvgIpc) is 2.57. The van der Waals surface area contributed by atoms with Gasteiger partial charge in [0.25, 0.3) is 0 Å². The molecule has 0 aliphatic carbocycles. The zero-order valence-corrected chi connectivity index (χ0v) is 13.5. The molecule has 0 radical (unpaired) electrons. The highest BCUT2D eigenvalue weighted by molar-refractivity contribution is 5.98. The van der Waals surface area contributed by atoms with Crippen LogP contribution in [-0.4, -0.2) is 0 Å². The van der Waals surface area contributed by atoms with Crippen LogP contribution in [0.4, 0.5) is 0 Å². The first-order chi connectivity index (χ1) is 10.7. The molecule has 0 saturated heterocycles. The standard InChI is InChI=1S/C22H24/c1-4-17(5-2)12-16(3)18-10-11-21-14-19-8-6-7-9-20(19)15-22(21)13-18/h4,6-11,13-17H,1,5,12H2,2-3H3. The molecule has 0 amide bonds. The molecular weight excluding hydrogens is 264 g/mol. The fourth-order valence-electron chi connectivity index (χ4n) is 3.28. The molecule has 3 rings (SSSR count). The molecule has 112 valence electrons. The molecule has 0 heteroatoms. The summed E-state index contributed by atoms with van der Waals surface area (Å²) in [5.74, 6) is 1.18. The highest BCUT2D eigenvalue weighted by Crippen LogP contribution is 2.30. The van der Waals surface area contributed by atoms with Gasteiger partial charge in [0.1, 0.15) is 0 Å². The third kappa shape index (κ3) is 2.92. The Kier molecular flexibility index (Phi) is 4.29. The molecule has 2 atom stereocenters. The summed E-state index contributed by atoms with van der Waals surface area (Å²) in [4.78, 5) is 0. The molecule has 0 heterocycles. The quantitative estimate of drug-likeness (QED) is 0.362. The van der Waals surface area contributed by atoms with Crippen LogP contribution in [-0.2, 0) is 0 Å². The van der Waals surface area contributed by atoms with E-state index in [0.717, 1.165) is 0 Å². The normalized spacial score (nSPS) is 14.1. The molecule has 3 aromatic carbocycles. The topological polar surface area (TPSA) is 0 Å². The lowest BCUT2D eigenvalue weighted by Gasteiger charge is -2.17. The zero-order chi connectivity index (χ0) is 15.5. The number of hydrogen-bond acceptors (Lipinski definition) is 0. The Morgan fingerprint density at radius 2 is 1.55 bits per heavy atom. The minimum absolute atomic E-state index is 0.568. The van der Waals surface area contributed by atoms with Gasteiger partial charge < -0.3 is 0 Å². The van der Waals surface area contributed by atoms with E-state index in [-0.39, 0.29) is 0 Å². The molecule has 0 aliphatic heterocycles. The molecule has 0 aliphatic rings. The maximum atomic E-state index is 3.96. The van der Waals surface area contributed by atoms with Crippen LogP contribution in [0.5, 0.6) is 0 Å². The number of hydrogen-bond donors (Lipinski definition) is 0. The summed E-state index contributed by atoms with van der Waals surface area (Å²) < 4.78 is 0. The lowest BCUT2D eigenvalue weighted by molar-refractivity contribution is 0.517. The maximum Gasteiger partial charge on any atom is -0.0175 e. The van der Waals surface area contributed by atoms with Gasteiger partial charge in [0.15, 0.2) is 0 Å². The van der Waals surface area contributed by atoms with Crippen LogP contribution >= 0.6 is 0 Å². The van der Waals surface area contributed by atoms with Crippen LogP contribution in [0.25, 0.3) is 21.5 Å². The average molecular weight is 288 g/mol. The van der Waals surface area contributed by atoms with Crippen molar-refractivity contribution in [3.05, 3.63) is 72.8 Å². The van der Waals surface area contributed by atoms with Crippen molar-refractivity contribution in [2.45, 2.75) is 32.6 Å². The van der Waals surface area contributed by atoms with Gasteiger partial charge in [0.2, 0.25) is 0 Å². The Morgan fingerprint density at radius 3 is 2.18 bits per heavy atom. The van der Waals surface area contributed by atoms with Crippen molar-refractivity contribution in [3.8, 4) is 0 Å². The second kappa shape index (κ2) is 6.36. The van der Waals surface area contributed by atoms with E-state index in [0.29, 0.717) is 11.8 Å². The van der Waals surface area contributed by atoms with Gasteiger partial charge in [0.05, 0.1) is 0 Å². The minimum Gasteiger partial charge on any atom is -0.103 e. The van der Waals surface area contributed by atoms with Gasteiger partial charge in [-0.05, 0) is 63.9 Å². The van der Waals surface area contributed by atoms with Crippen LogP contribution in [0.15, 0.2) is 67.3 Å². The van der Waals surface area contributed by atoms with E-state index in [9.17, 15) is 0 Å². The largest absolute Gasteiger partial charge is 0.103 e. The van der Waals surface area contributed by atoms with Crippen molar-refractivity contribution >= 4 is 21.5 Å². The molecule has 22 heavy (non-hydrogen) atoms. The van der Waals surface area contributed by atoms with Gasteiger partial charge in [0, 0.05) is 0 Å². The van der Waals surface area contributed by atoms with E-state index >= 15 is 0 Å². The second-order valence-electron chi connectivity index (χ2n) is 6.35. The molecule has 0 saturated carbocycles. The monoisotopic (exact) mass is 288 g/mol. The van der Waals surface area contributed by atoms with Gasteiger partial charge in [-0.25, -0.2) is 0 Å². The van der Waals surface area contributed by atoms with Crippen molar-refractivity contribution in [2.24, 2.45) is 5.92 Å². The number of allylic oxidation sites excluding steroid dienone is 1. The van der Waals surface area contributed by atoms with E-state index in [1.165, 1.54) is 39.9 Å². The number of rotatable bonds is 5. The molecule has 2 unspecified atom stereocenters. The van der Waals surface area contributed by atoms with Crippen LogP contribution in [0.3, 0.4) is 0 Å². The van der Waals surface area contributed by atoms with Crippen molar-refractivity contribution in [1.82, 2.24) is 0 Å². The highest BCUT2D eigenvalue weighted by atomic mass is 14.2. The first kappa shape index (κ1) is 14.8.